The van der Waals surface area contributed by atoms with Crippen molar-refractivity contribution in [3.63, 3.8) is 0 Å². The molecule has 0 spiro atoms. The summed E-state index contributed by atoms with van der Waals surface area (Å²) < 4.78 is 48.1. The molecule has 1 aliphatic carbocycles. The molecule has 3 heterocycles. The van der Waals surface area contributed by atoms with Crippen molar-refractivity contribution in [3.05, 3.63) is 42.5 Å². The Morgan fingerprint density at radius 3 is 2.55 bits per heavy atom. The van der Waals surface area contributed by atoms with Gasteiger partial charge in [-0.2, -0.15) is 4.31 Å². The first-order chi connectivity index (χ1) is 14.0. The van der Waals surface area contributed by atoms with Crippen LogP contribution in [0.5, 0.6) is 5.75 Å². The van der Waals surface area contributed by atoms with E-state index in [1.54, 1.807) is 28.6 Å². The van der Waals surface area contributed by atoms with Gasteiger partial charge in [-0.05, 0) is 37.3 Å². The minimum Gasteiger partial charge on any atom is -0.487 e. The van der Waals surface area contributed by atoms with Crippen LogP contribution in [0.15, 0.2) is 41.6 Å². The zero-order valence-electron chi connectivity index (χ0n) is 15.9. The summed E-state index contributed by atoms with van der Waals surface area (Å²) in [6, 6.07) is 6.66. The minimum absolute atomic E-state index is 0.251. The Balaban J connectivity index is 1.49. The number of benzene rings is 1. The summed E-state index contributed by atoms with van der Waals surface area (Å²) in [4.78, 5) is 10.4. The molecule has 0 N–H and O–H groups in total. The number of nitrogens with zero attached hydrogens (tertiary/aromatic N) is 4. The van der Waals surface area contributed by atoms with Gasteiger partial charge in [0.05, 0.1) is 18.4 Å². The number of hydrogen-bond acceptors (Lipinski definition) is 6. The molecule has 154 valence electrons. The van der Waals surface area contributed by atoms with Gasteiger partial charge in [0.1, 0.15) is 16.7 Å². The summed E-state index contributed by atoms with van der Waals surface area (Å²) in [5, 5.41) is 0. The van der Waals surface area contributed by atoms with E-state index in [2.05, 4.69) is 9.97 Å². The fourth-order valence-electron chi connectivity index (χ4n) is 4.21. The molecule has 1 aromatic carbocycles. The lowest BCUT2D eigenvalue weighted by molar-refractivity contribution is 0.111. The maximum Gasteiger partial charge on any atom is 0.247 e. The lowest BCUT2D eigenvalue weighted by atomic mass is 10.1. The van der Waals surface area contributed by atoms with E-state index in [0.717, 1.165) is 25.2 Å². The van der Waals surface area contributed by atoms with E-state index in [4.69, 9.17) is 4.74 Å². The van der Waals surface area contributed by atoms with E-state index >= 15 is 0 Å². The van der Waals surface area contributed by atoms with Crippen molar-refractivity contribution in [1.82, 2.24) is 14.3 Å². The Kier molecular flexibility index (Phi) is 4.66. The highest BCUT2D eigenvalue weighted by Crippen LogP contribution is 2.40. The standard InChI is InChI=1S/C20H23FN4O3S/c21-15-11-22-20(23-12-15)24-9-7-16-17(8-10-24)28-18-3-1-2-4-19(18)29(26,27)25(16)13-14-5-6-14/h1-4,11-12,14,16-17H,5-10,13H2/t16-,17-/m1/s1. The van der Waals surface area contributed by atoms with Crippen molar-refractivity contribution >= 4 is 16.0 Å². The molecule has 5 rings (SSSR count). The first-order valence-corrected chi connectivity index (χ1v) is 11.5. The summed E-state index contributed by atoms with van der Waals surface area (Å²) in [6.45, 7) is 1.74. The van der Waals surface area contributed by atoms with E-state index < -0.39 is 15.8 Å². The van der Waals surface area contributed by atoms with Crippen LogP contribution in [0.4, 0.5) is 10.3 Å². The number of aromatic nitrogens is 2. The van der Waals surface area contributed by atoms with Crippen LogP contribution >= 0.6 is 0 Å². The summed E-state index contributed by atoms with van der Waals surface area (Å²) in [7, 11) is -3.64. The summed E-state index contributed by atoms with van der Waals surface area (Å²) in [6.07, 6.45) is 5.44. The molecule has 1 saturated carbocycles. The van der Waals surface area contributed by atoms with Gasteiger partial charge in [0.2, 0.25) is 16.0 Å². The monoisotopic (exact) mass is 418 g/mol. The van der Waals surface area contributed by atoms with Crippen LogP contribution < -0.4 is 9.64 Å². The van der Waals surface area contributed by atoms with Crippen molar-refractivity contribution in [2.45, 2.75) is 42.7 Å². The van der Waals surface area contributed by atoms with E-state index in [0.29, 0.717) is 50.1 Å². The summed E-state index contributed by atoms with van der Waals surface area (Å²) in [5.41, 5.74) is 0. The predicted octanol–water partition coefficient (Wildman–Crippen LogP) is 2.45. The molecule has 7 nitrogen and oxygen atoms in total. The molecule has 0 amide bonds. The van der Waals surface area contributed by atoms with Gasteiger partial charge in [-0.15, -0.1) is 0 Å². The number of anilines is 1. The van der Waals surface area contributed by atoms with Gasteiger partial charge in [-0.25, -0.2) is 22.8 Å². The van der Waals surface area contributed by atoms with E-state index in [1.165, 1.54) is 0 Å². The average Bonchev–Trinajstić information content (AvgIpc) is 3.55. The van der Waals surface area contributed by atoms with Crippen molar-refractivity contribution in [1.29, 1.82) is 0 Å². The molecule has 2 fully saturated rings. The van der Waals surface area contributed by atoms with Gasteiger partial charge in [0, 0.05) is 26.1 Å². The van der Waals surface area contributed by atoms with E-state index in [9.17, 15) is 12.8 Å². The zero-order chi connectivity index (χ0) is 20.0. The highest BCUT2D eigenvalue weighted by Gasteiger charge is 2.45. The number of para-hydroxylation sites is 1. The second-order valence-corrected chi connectivity index (χ2v) is 9.81. The maximum absolute atomic E-state index is 13.5. The number of fused-ring (bicyclic) bond motifs is 2. The number of hydrogen-bond donors (Lipinski definition) is 0. The molecular weight excluding hydrogens is 395 g/mol. The third kappa shape index (κ3) is 3.57. The normalized spacial score (nSPS) is 26.6. The topological polar surface area (TPSA) is 75.6 Å². The van der Waals surface area contributed by atoms with Crippen molar-refractivity contribution in [3.8, 4) is 5.75 Å². The van der Waals surface area contributed by atoms with Crippen LogP contribution in [0.1, 0.15) is 25.7 Å². The molecule has 1 saturated heterocycles. The number of ether oxygens (including phenoxy) is 1. The van der Waals surface area contributed by atoms with Crippen molar-refractivity contribution < 1.29 is 17.5 Å². The summed E-state index contributed by atoms with van der Waals surface area (Å²) >= 11 is 0. The second kappa shape index (κ2) is 7.21. The molecule has 29 heavy (non-hydrogen) atoms. The van der Waals surface area contributed by atoms with Crippen LogP contribution in [-0.2, 0) is 10.0 Å². The molecule has 0 bridgehead atoms. The van der Waals surface area contributed by atoms with Crippen LogP contribution in [0.2, 0.25) is 0 Å². The first kappa shape index (κ1) is 18.7. The van der Waals surface area contributed by atoms with Crippen LogP contribution in [-0.4, -0.2) is 54.5 Å². The van der Waals surface area contributed by atoms with E-state index in [-0.39, 0.29) is 17.0 Å². The van der Waals surface area contributed by atoms with Gasteiger partial charge in [-0.3, -0.25) is 0 Å². The molecular formula is C20H23FN4O3S. The molecule has 9 heteroatoms. The molecule has 3 aliphatic rings. The quantitative estimate of drug-likeness (QED) is 0.762. The maximum atomic E-state index is 13.5. The minimum atomic E-state index is -3.64. The smallest absolute Gasteiger partial charge is 0.247 e. The average molecular weight is 418 g/mol. The fraction of sp³-hybridized carbons (Fsp3) is 0.500. The highest BCUT2D eigenvalue weighted by molar-refractivity contribution is 7.89. The predicted molar refractivity (Wildman–Crippen MR) is 105 cm³/mol. The van der Waals surface area contributed by atoms with Gasteiger partial charge in [0.15, 0.2) is 5.82 Å². The molecule has 2 aliphatic heterocycles. The van der Waals surface area contributed by atoms with E-state index in [1.807, 2.05) is 4.90 Å². The Hall–Kier alpha value is -2.26. The first-order valence-electron chi connectivity index (χ1n) is 10.0. The molecule has 1 aromatic heterocycles. The largest absolute Gasteiger partial charge is 0.487 e. The second-order valence-electron chi connectivity index (χ2n) is 7.95. The SMILES string of the molecule is O=S1(=O)c2ccccc2O[C@@H]2CCN(c3ncc(F)cn3)CC[C@H]2N1CC1CC1. The lowest BCUT2D eigenvalue weighted by Crippen LogP contribution is -2.48. The third-order valence-electron chi connectivity index (χ3n) is 5.92. The third-order valence-corrected chi connectivity index (χ3v) is 7.85. The Bertz CT molecular complexity index is 997. The Morgan fingerprint density at radius 2 is 1.79 bits per heavy atom. The van der Waals surface area contributed by atoms with Gasteiger partial charge in [0.25, 0.3) is 0 Å². The highest BCUT2D eigenvalue weighted by atomic mass is 32.2. The van der Waals surface area contributed by atoms with Gasteiger partial charge >= 0.3 is 0 Å². The number of halogens is 1. The lowest BCUT2D eigenvalue weighted by Gasteiger charge is -2.31. The Morgan fingerprint density at radius 1 is 1.07 bits per heavy atom. The fourth-order valence-corrected chi connectivity index (χ4v) is 6.09. The van der Waals surface area contributed by atoms with Crippen LogP contribution in [0, 0.1) is 11.7 Å². The molecule has 2 atom stereocenters. The Labute approximate surface area is 169 Å². The van der Waals surface area contributed by atoms with Gasteiger partial charge in [-0.1, -0.05) is 12.1 Å². The molecule has 0 unspecified atom stereocenters. The van der Waals surface area contributed by atoms with Crippen LogP contribution in [0.3, 0.4) is 0 Å². The number of sulfonamides is 1. The van der Waals surface area contributed by atoms with Crippen molar-refractivity contribution in [2.24, 2.45) is 5.92 Å². The zero-order valence-corrected chi connectivity index (χ0v) is 16.8. The number of rotatable bonds is 3. The summed E-state index contributed by atoms with van der Waals surface area (Å²) in [5.74, 6) is 0.831. The molecule has 0 radical (unpaired) electrons. The molecule has 2 aromatic rings. The van der Waals surface area contributed by atoms with Gasteiger partial charge < -0.3 is 9.64 Å². The van der Waals surface area contributed by atoms with Crippen molar-refractivity contribution in [2.75, 3.05) is 24.5 Å². The van der Waals surface area contributed by atoms with Crippen LogP contribution in [0.25, 0.3) is 0 Å².